The predicted molar refractivity (Wildman–Crippen MR) is 383 cm³/mol. The van der Waals surface area contributed by atoms with E-state index in [1.54, 1.807) is 83.3 Å². The molecule has 3 atom stereocenters. The van der Waals surface area contributed by atoms with Crippen molar-refractivity contribution in [2.24, 2.45) is 0 Å². The summed E-state index contributed by atoms with van der Waals surface area (Å²) in [7, 11) is 0. The minimum absolute atomic E-state index is 0.0457. The van der Waals surface area contributed by atoms with Gasteiger partial charge in [0, 0.05) is 68.6 Å². The van der Waals surface area contributed by atoms with E-state index in [2.05, 4.69) is 74.8 Å². The second-order valence-electron chi connectivity index (χ2n) is 24.6. The maximum absolute atomic E-state index is 15.2. The number of pyridine rings is 3. The number of piperidine rings is 3. The molecule has 0 bridgehead atoms. The van der Waals surface area contributed by atoms with Crippen LogP contribution in [0.5, 0.6) is 34.9 Å². The van der Waals surface area contributed by atoms with Gasteiger partial charge in [0.25, 0.3) is 0 Å². The number of rotatable bonds is 15. The Kier molecular flexibility index (Phi) is 20.7. The van der Waals surface area contributed by atoms with Crippen LogP contribution in [0.1, 0.15) is 62.2 Å². The maximum atomic E-state index is 15.2. The summed E-state index contributed by atoms with van der Waals surface area (Å²) in [6, 6.07) is 28.1. The first kappa shape index (κ1) is 70.6. The number of carbonyl (C=O) groups excluding carboxylic acids is 3. The lowest BCUT2D eigenvalue weighted by atomic mass is 10.1. The van der Waals surface area contributed by atoms with Gasteiger partial charge in [-0.3, -0.25) is 14.4 Å². The highest BCUT2D eigenvalue weighted by Crippen LogP contribution is 2.40. The molecule has 9 aromatic heterocycles. The molecule has 0 saturated carbocycles. The lowest BCUT2D eigenvalue weighted by molar-refractivity contribution is -0.128. The number of nitrogens with two attached hydrogens (primary N) is 3. The van der Waals surface area contributed by atoms with Gasteiger partial charge in [-0.2, -0.15) is 43.4 Å². The highest BCUT2D eigenvalue weighted by molar-refractivity contribution is 6.30. The van der Waals surface area contributed by atoms with Gasteiger partial charge in [-0.1, -0.05) is 55.1 Å². The van der Waals surface area contributed by atoms with Crippen LogP contribution in [0.25, 0.3) is 66.9 Å². The van der Waals surface area contributed by atoms with Crippen molar-refractivity contribution in [2.45, 2.75) is 63.6 Å². The molecular weight excluding hydrogens is 1380 g/mol. The molecule has 0 spiro atoms. The van der Waals surface area contributed by atoms with Gasteiger partial charge in [0.05, 0.1) is 51.0 Å². The fourth-order valence-corrected chi connectivity index (χ4v) is 12.8. The van der Waals surface area contributed by atoms with Gasteiger partial charge in [-0.25, -0.2) is 48.3 Å². The molecule has 3 aliphatic heterocycles. The second kappa shape index (κ2) is 30.8. The zero-order valence-corrected chi connectivity index (χ0v) is 57.1. The Morgan fingerprint density at radius 3 is 1.14 bits per heavy atom. The van der Waals surface area contributed by atoms with E-state index in [4.69, 9.17) is 48.1 Å². The van der Waals surface area contributed by atoms with Crippen molar-refractivity contribution >= 4 is 79.9 Å². The Morgan fingerprint density at radius 2 is 0.810 bits per heavy atom. The van der Waals surface area contributed by atoms with E-state index in [1.807, 2.05) is 19.1 Å². The number of aromatic nitrogens is 15. The van der Waals surface area contributed by atoms with Crippen LogP contribution in [0.4, 0.5) is 35.0 Å². The van der Waals surface area contributed by atoms with Crippen LogP contribution in [0.2, 0.25) is 5.02 Å². The Labute approximate surface area is 601 Å². The molecule has 3 aliphatic rings. The molecule has 15 rings (SSSR count). The third-order valence-electron chi connectivity index (χ3n) is 17.8. The van der Waals surface area contributed by atoms with Crippen molar-refractivity contribution in [3.8, 4) is 68.7 Å². The number of halogens is 5. The average Bonchev–Trinajstić information content (AvgIpc) is 1.62. The Hall–Kier alpha value is -12.8. The number of nitrogens with zero attached hydrogens (tertiary/aromatic N) is 18. The summed E-state index contributed by atoms with van der Waals surface area (Å²) in [5.41, 5.74) is 22.1. The van der Waals surface area contributed by atoms with E-state index < -0.39 is 23.7 Å². The van der Waals surface area contributed by atoms with Crippen molar-refractivity contribution < 1.29 is 46.2 Å². The lowest BCUT2D eigenvalue weighted by Gasteiger charge is -2.32. The van der Waals surface area contributed by atoms with Crippen LogP contribution >= 0.6 is 11.6 Å². The van der Waals surface area contributed by atoms with Crippen LogP contribution in [-0.2, 0) is 14.4 Å². The van der Waals surface area contributed by atoms with E-state index in [1.165, 1.54) is 79.7 Å². The number of ether oxygens (including phenoxy) is 3. The van der Waals surface area contributed by atoms with E-state index in [9.17, 15) is 18.8 Å². The standard InChI is InChI=1S/C25H24FN7O2.C24H21ClFN7O2.C24H21F2N7O2/c1-3-20(34)32-12-4-5-16(13-32)33-25-21(24(27)28-14-29-25)22(31-33)18-10-11-19(30-23(18)26)35-17-8-6-15(2)7-9-17;1-2-19(34)32-11-3-4-15(12-32)33-24-20(23(27)28-13-29-24)21(31-33)17-9-10-18(30-22(17)26)35-16-7-5-14(25)6-8-16;1-2-19(34)32-10-4-6-15(12-32)33-24-20(23(27)28-13-29-24)21(31-33)17-8-9-18(30-22(17)26)35-16-7-3-5-14(25)11-16/h3,6-11,14,16H,1,4-5,12-13H2,2H3,(H2,27,28,29);2,5-10,13,15H,1,3-4,11-12H2,(H2,27,28,29);2-3,5,7-9,11,13,15H,1,4,6,10,12H2,(H2,27,28,29)/t16-;2*15-/m111/s1. The summed E-state index contributed by atoms with van der Waals surface area (Å²) in [5.74, 6) is -1.45. The number of nitrogen functional groups attached to an aromatic ring is 3. The van der Waals surface area contributed by atoms with Gasteiger partial charge in [0.1, 0.15) is 76.6 Å². The first-order chi connectivity index (χ1) is 50.8. The first-order valence-electron chi connectivity index (χ1n) is 33.2. The van der Waals surface area contributed by atoms with E-state index in [0.29, 0.717) is 88.9 Å². The van der Waals surface area contributed by atoms with E-state index in [-0.39, 0.29) is 110 Å². The first-order valence-corrected chi connectivity index (χ1v) is 33.5. The SMILES string of the molecule is C=CC(=O)N1CCC[C@@H](n2nc(-c3ccc(Oc4ccc(C)cc4)nc3F)c3c(N)ncnc32)C1.C=CC(=O)N1CCC[C@@H](n2nc(-c3ccc(Oc4ccc(Cl)cc4)nc3F)c3c(N)ncnc32)C1.C=CC(=O)N1CCC[C@@H](n2nc(-c3ccc(Oc4cccc(F)c4)nc3F)c3c(N)ncnc32)C1. The minimum Gasteiger partial charge on any atom is -0.439 e. The van der Waals surface area contributed by atoms with E-state index >= 15 is 13.2 Å². The minimum atomic E-state index is -0.846. The van der Waals surface area contributed by atoms with Crippen molar-refractivity contribution in [3.05, 3.63) is 200 Å². The van der Waals surface area contributed by atoms with Crippen LogP contribution in [0.15, 0.2) is 166 Å². The Balaban J connectivity index is 0.000000140. The van der Waals surface area contributed by atoms with Gasteiger partial charge in [0.15, 0.2) is 16.9 Å². The Bertz CT molecular complexity index is 5100. The molecule has 3 aromatic carbocycles. The molecule has 0 aliphatic carbocycles. The zero-order chi connectivity index (χ0) is 73.6. The molecule has 27 nitrogen and oxygen atoms in total. The van der Waals surface area contributed by atoms with Crippen LogP contribution in [0, 0.1) is 30.6 Å². The van der Waals surface area contributed by atoms with Crippen molar-refractivity contribution in [1.29, 1.82) is 0 Å². The molecule has 32 heteroatoms. The number of likely N-dealkylation sites (tertiary alicyclic amines) is 3. The van der Waals surface area contributed by atoms with Crippen LogP contribution in [0.3, 0.4) is 0 Å². The number of aryl methyl sites for hydroxylation is 1. The maximum Gasteiger partial charge on any atom is 0.246 e. The third-order valence-corrected chi connectivity index (χ3v) is 18.0. The topological polar surface area (TPSA) is 336 Å². The van der Waals surface area contributed by atoms with Crippen LogP contribution < -0.4 is 31.4 Å². The number of hydrogen-bond acceptors (Lipinski definition) is 21. The summed E-state index contributed by atoms with van der Waals surface area (Å²) >= 11 is 5.89. The molecule has 105 heavy (non-hydrogen) atoms. The van der Waals surface area contributed by atoms with Gasteiger partial charge in [-0.05, 0) is 130 Å². The van der Waals surface area contributed by atoms with Gasteiger partial charge < -0.3 is 46.1 Å². The summed E-state index contributed by atoms with van der Waals surface area (Å²) in [6.07, 6.45) is 12.5. The molecular formula is C73H66ClF4N21O6. The summed E-state index contributed by atoms with van der Waals surface area (Å²) in [5, 5.41) is 15.8. The lowest BCUT2D eigenvalue weighted by Crippen LogP contribution is -2.40. The summed E-state index contributed by atoms with van der Waals surface area (Å²) in [6.45, 7) is 15.9. The van der Waals surface area contributed by atoms with Crippen molar-refractivity contribution in [1.82, 2.24) is 88.9 Å². The number of benzene rings is 3. The van der Waals surface area contributed by atoms with Crippen LogP contribution in [-0.4, -0.2) is 146 Å². The molecule has 3 amide bonds. The second-order valence-corrected chi connectivity index (χ2v) is 25.0. The predicted octanol–water partition coefficient (Wildman–Crippen LogP) is 12.4. The highest BCUT2D eigenvalue weighted by atomic mass is 35.5. The number of carbonyl (C=O) groups is 3. The normalized spacial score (nSPS) is 15.8. The number of amides is 3. The quantitative estimate of drug-likeness (QED) is 0.0487. The largest absolute Gasteiger partial charge is 0.439 e. The highest BCUT2D eigenvalue weighted by Gasteiger charge is 2.33. The summed E-state index contributed by atoms with van der Waals surface area (Å²) < 4.78 is 80.9. The molecule has 0 radical (unpaired) electrons. The molecule has 3 fully saturated rings. The molecule has 534 valence electrons. The van der Waals surface area contributed by atoms with Gasteiger partial charge in [0.2, 0.25) is 53.2 Å². The molecule has 6 N–H and O–H groups in total. The number of fused-ring (bicyclic) bond motifs is 3. The molecule has 3 saturated heterocycles. The average molecular weight is 1440 g/mol. The fraction of sp³-hybridized carbons (Fsp3) is 0.219. The summed E-state index contributed by atoms with van der Waals surface area (Å²) in [4.78, 5) is 78.8. The molecule has 0 unspecified atom stereocenters. The van der Waals surface area contributed by atoms with Gasteiger partial charge in [-0.15, -0.1) is 0 Å². The number of anilines is 3. The Morgan fingerprint density at radius 1 is 0.467 bits per heavy atom. The zero-order valence-electron chi connectivity index (χ0n) is 56.3. The smallest absolute Gasteiger partial charge is 0.246 e. The molecule has 12 aromatic rings. The molecule has 12 heterocycles. The monoisotopic (exact) mass is 1440 g/mol. The third kappa shape index (κ3) is 15.2. The fourth-order valence-electron chi connectivity index (χ4n) is 12.7. The van der Waals surface area contributed by atoms with Crippen molar-refractivity contribution in [2.75, 3.05) is 56.5 Å². The van der Waals surface area contributed by atoms with E-state index in [0.717, 1.165) is 44.1 Å². The number of hydrogen-bond donors (Lipinski definition) is 3. The van der Waals surface area contributed by atoms with Crippen molar-refractivity contribution in [3.63, 3.8) is 0 Å². The van der Waals surface area contributed by atoms with Gasteiger partial charge >= 0.3 is 0 Å².